The zero-order valence-electron chi connectivity index (χ0n) is 7.66. The molecule has 1 fully saturated rings. The fourth-order valence-electron chi connectivity index (χ4n) is 1.64. The maximum atomic E-state index is 11.5. The second-order valence-electron chi connectivity index (χ2n) is 3.78. The number of ether oxygens (including phenoxy) is 1. The first-order valence-corrected chi connectivity index (χ1v) is 4.57. The lowest BCUT2D eigenvalue weighted by atomic mass is 10.2. The Morgan fingerprint density at radius 1 is 1.53 bits per heavy atom. The van der Waals surface area contributed by atoms with E-state index in [0.29, 0.717) is 24.4 Å². The number of H-pyrrole nitrogens is 1. The van der Waals surface area contributed by atoms with Crippen LogP contribution in [0.1, 0.15) is 23.3 Å². The summed E-state index contributed by atoms with van der Waals surface area (Å²) in [6.07, 6.45) is 1.36. The highest BCUT2D eigenvalue weighted by molar-refractivity contribution is 6.03. The molecule has 3 N–H and O–H groups in total. The van der Waals surface area contributed by atoms with Crippen LogP contribution in [0.3, 0.4) is 0 Å². The zero-order chi connectivity index (χ0) is 10.6. The van der Waals surface area contributed by atoms with E-state index in [0.717, 1.165) is 0 Å². The molecule has 0 aromatic carbocycles. The minimum Gasteiger partial charge on any atom is -0.477 e. The first-order valence-electron chi connectivity index (χ1n) is 4.57. The van der Waals surface area contributed by atoms with Crippen molar-refractivity contribution in [2.45, 2.75) is 18.4 Å². The molecule has 1 aromatic rings. The molecule has 1 amide bonds. The van der Waals surface area contributed by atoms with E-state index in [9.17, 15) is 9.59 Å². The van der Waals surface area contributed by atoms with Crippen molar-refractivity contribution in [1.29, 1.82) is 0 Å². The van der Waals surface area contributed by atoms with Crippen LogP contribution >= 0.6 is 0 Å². The average molecular weight is 208 g/mol. The lowest BCUT2D eigenvalue weighted by Gasteiger charge is -2.22. The predicted molar refractivity (Wildman–Crippen MR) is 49.0 cm³/mol. The number of amides is 1. The number of fused-ring (bicyclic) bond motifs is 1. The molecule has 3 rings (SSSR count). The number of carboxylic acid groups (broad SMARTS) is 1. The van der Waals surface area contributed by atoms with E-state index in [1.807, 2.05) is 0 Å². The number of anilines is 1. The van der Waals surface area contributed by atoms with Gasteiger partial charge in [-0.1, -0.05) is 0 Å². The highest BCUT2D eigenvalue weighted by Crippen LogP contribution is 2.46. The van der Waals surface area contributed by atoms with E-state index in [1.165, 1.54) is 6.07 Å². The van der Waals surface area contributed by atoms with Gasteiger partial charge in [0.1, 0.15) is 11.4 Å². The van der Waals surface area contributed by atoms with Gasteiger partial charge in [-0.3, -0.25) is 4.79 Å². The maximum Gasteiger partial charge on any atom is 0.352 e. The lowest BCUT2D eigenvalue weighted by molar-refractivity contribution is -0.125. The van der Waals surface area contributed by atoms with Gasteiger partial charge in [0.15, 0.2) is 5.60 Å². The molecule has 78 valence electrons. The summed E-state index contributed by atoms with van der Waals surface area (Å²) in [5.74, 6) is -0.928. The van der Waals surface area contributed by atoms with Gasteiger partial charge in [-0.15, -0.1) is 0 Å². The van der Waals surface area contributed by atoms with Crippen LogP contribution in [0.25, 0.3) is 0 Å². The summed E-state index contributed by atoms with van der Waals surface area (Å²) >= 11 is 0. The van der Waals surface area contributed by atoms with Gasteiger partial charge in [0.25, 0.3) is 5.91 Å². The third kappa shape index (κ3) is 1.04. The van der Waals surface area contributed by atoms with Gasteiger partial charge in [0.05, 0.1) is 0 Å². The second-order valence-corrected chi connectivity index (χ2v) is 3.78. The van der Waals surface area contributed by atoms with Gasteiger partial charge >= 0.3 is 5.97 Å². The molecule has 6 heteroatoms. The zero-order valence-corrected chi connectivity index (χ0v) is 7.66. The summed E-state index contributed by atoms with van der Waals surface area (Å²) in [6, 6.07) is 1.35. The molecular weight excluding hydrogens is 200 g/mol. The molecule has 1 saturated carbocycles. The molecule has 6 nitrogen and oxygen atoms in total. The summed E-state index contributed by atoms with van der Waals surface area (Å²) in [7, 11) is 0. The van der Waals surface area contributed by atoms with Crippen LogP contribution < -0.4 is 10.1 Å². The maximum absolute atomic E-state index is 11.5. The standard InChI is InChI=1S/C9H8N2O4/c12-7(13)5-3-4-6(10-5)15-9(1-2-9)8(14)11-4/h3,10H,1-2H2,(H,11,14)(H,12,13). The van der Waals surface area contributed by atoms with Crippen molar-refractivity contribution in [1.82, 2.24) is 4.98 Å². The molecule has 15 heavy (non-hydrogen) atoms. The Bertz CT molecular complexity index is 472. The molecule has 1 aliphatic carbocycles. The number of hydrogen-bond donors (Lipinski definition) is 3. The third-order valence-electron chi connectivity index (χ3n) is 2.68. The molecule has 0 atom stereocenters. The number of rotatable bonds is 1. The van der Waals surface area contributed by atoms with Gasteiger partial charge in [0, 0.05) is 12.8 Å². The summed E-state index contributed by atoms with van der Waals surface area (Å²) in [6.45, 7) is 0. The van der Waals surface area contributed by atoms with Crippen molar-refractivity contribution in [3.63, 3.8) is 0 Å². The molecule has 1 aliphatic heterocycles. The van der Waals surface area contributed by atoms with E-state index in [4.69, 9.17) is 9.84 Å². The van der Waals surface area contributed by atoms with Crippen LogP contribution in [-0.4, -0.2) is 27.6 Å². The highest BCUT2D eigenvalue weighted by Gasteiger charge is 2.55. The monoisotopic (exact) mass is 208 g/mol. The largest absolute Gasteiger partial charge is 0.477 e. The lowest BCUT2D eigenvalue weighted by Crippen LogP contribution is -2.38. The number of aromatic carboxylic acids is 1. The van der Waals surface area contributed by atoms with Gasteiger partial charge < -0.3 is 20.1 Å². The third-order valence-corrected chi connectivity index (χ3v) is 2.68. The Labute approximate surface area is 84.2 Å². The van der Waals surface area contributed by atoms with Crippen LogP contribution in [0.4, 0.5) is 5.69 Å². The molecule has 1 aromatic heterocycles. The Hall–Kier alpha value is -1.98. The number of aromatic amines is 1. The predicted octanol–water partition coefficient (Wildman–Crippen LogP) is 0.576. The Kier molecular flexibility index (Phi) is 1.30. The fraction of sp³-hybridized carbons (Fsp3) is 0.333. The van der Waals surface area contributed by atoms with Crippen LogP contribution in [0.5, 0.6) is 5.88 Å². The van der Waals surface area contributed by atoms with E-state index < -0.39 is 11.6 Å². The van der Waals surface area contributed by atoms with Crippen LogP contribution in [0, 0.1) is 0 Å². The topological polar surface area (TPSA) is 91.4 Å². The molecule has 0 radical (unpaired) electrons. The summed E-state index contributed by atoms with van der Waals surface area (Å²) < 4.78 is 5.44. The molecule has 2 aliphatic rings. The van der Waals surface area contributed by atoms with Crippen molar-refractivity contribution in [2.24, 2.45) is 0 Å². The van der Waals surface area contributed by atoms with Gasteiger partial charge in [-0.25, -0.2) is 4.79 Å². The quantitative estimate of drug-likeness (QED) is 0.629. The first-order chi connectivity index (χ1) is 7.11. The fourth-order valence-corrected chi connectivity index (χ4v) is 1.64. The van der Waals surface area contributed by atoms with Crippen molar-refractivity contribution in [3.05, 3.63) is 11.8 Å². The molecule has 1 spiro atoms. The minimum absolute atomic E-state index is 0.0120. The number of hydrogen-bond acceptors (Lipinski definition) is 3. The van der Waals surface area contributed by atoms with E-state index in [2.05, 4.69) is 10.3 Å². The van der Waals surface area contributed by atoms with E-state index >= 15 is 0 Å². The average Bonchev–Trinajstić information content (AvgIpc) is 2.81. The number of aromatic nitrogens is 1. The second kappa shape index (κ2) is 2.33. The number of carbonyl (C=O) groups excluding carboxylic acids is 1. The molecular formula is C9H8N2O4. The van der Waals surface area contributed by atoms with Crippen LogP contribution in [0.2, 0.25) is 0 Å². The molecule has 2 heterocycles. The molecule has 0 bridgehead atoms. The van der Waals surface area contributed by atoms with E-state index in [-0.39, 0.29) is 11.6 Å². The molecule has 0 saturated heterocycles. The normalized spacial score (nSPS) is 20.4. The van der Waals surface area contributed by atoms with Gasteiger partial charge in [-0.05, 0) is 6.07 Å². The van der Waals surface area contributed by atoms with Crippen molar-refractivity contribution in [3.8, 4) is 5.88 Å². The Balaban J connectivity index is 2.02. The van der Waals surface area contributed by atoms with Crippen LogP contribution in [-0.2, 0) is 4.79 Å². The van der Waals surface area contributed by atoms with Gasteiger partial charge in [-0.2, -0.15) is 0 Å². The van der Waals surface area contributed by atoms with Crippen molar-refractivity contribution < 1.29 is 19.4 Å². The minimum atomic E-state index is -1.08. The van der Waals surface area contributed by atoms with Crippen LogP contribution in [0.15, 0.2) is 6.07 Å². The summed E-state index contributed by atoms with van der Waals surface area (Å²) in [5.41, 5.74) is -0.332. The Morgan fingerprint density at radius 2 is 2.27 bits per heavy atom. The molecule has 0 unspecified atom stereocenters. The van der Waals surface area contributed by atoms with Crippen molar-refractivity contribution in [2.75, 3.05) is 5.32 Å². The van der Waals surface area contributed by atoms with E-state index in [1.54, 1.807) is 0 Å². The SMILES string of the molecule is O=C(O)c1cc2c([nH]1)OC1(CC1)C(=O)N2. The summed E-state index contributed by atoms with van der Waals surface area (Å²) in [5, 5.41) is 11.4. The Morgan fingerprint density at radius 3 is 2.87 bits per heavy atom. The first kappa shape index (κ1) is 8.34. The smallest absolute Gasteiger partial charge is 0.352 e. The number of carboxylic acids is 1. The van der Waals surface area contributed by atoms with Crippen molar-refractivity contribution >= 4 is 17.6 Å². The van der Waals surface area contributed by atoms with Gasteiger partial charge in [0.2, 0.25) is 5.88 Å². The summed E-state index contributed by atoms with van der Waals surface area (Å²) in [4.78, 5) is 24.8. The highest BCUT2D eigenvalue weighted by atomic mass is 16.5. The number of carbonyl (C=O) groups is 2. The number of nitrogens with one attached hydrogen (secondary N) is 2.